The molecule has 0 bridgehead atoms. The van der Waals surface area contributed by atoms with Gasteiger partial charge >= 0.3 is 0 Å². The summed E-state index contributed by atoms with van der Waals surface area (Å²) in [5.41, 5.74) is 7.14. The lowest BCUT2D eigenvalue weighted by Gasteiger charge is -2.43. The lowest BCUT2D eigenvalue weighted by atomic mass is 9.66. The van der Waals surface area contributed by atoms with Crippen molar-refractivity contribution < 1.29 is 5.11 Å². The molecule has 1 aromatic carbocycles. The lowest BCUT2D eigenvalue weighted by molar-refractivity contribution is -0.0123. The van der Waals surface area contributed by atoms with Gasteiger partial charge in [0.25, 0.3) is 0 Å². The van der Waals surface area contributed by atoms with Crippen LogP contribution in [-0.4, -0.2) is 17.8 Å². The molecule has 0 heterocycles. The molecule has 0 aliphatic heterocycles. The predicted molar refractivity (Wildman–Crippen MR) is 75.4 cm³/mol. The van der Waals surface area contributed by atoms with Crippen molar-refractivity contribution >= 4 is 0 Å². The Bertz CT molecular complexity index is 357. The third-order valence-electron chi connectivity index (χ3n) is 4.68. The maximum Gasteiger partial charge on any atom is 0.0674 e. The number of hydrogen-bond donors (Lipinski definition) is 2. The van der Waals surface area contributed by atoms with Crippen LogP contribution in [0.3, 0.4) is 0 Å². The molecule has 2 nitrogen and oxygen atoms in total. The zero-order chi connectivity index (χ0) is 13.0. The van der Waals surface area contributed by atoms with Crippen LogP contribution in [0.4, 0.5) is 0 Å². The quantitative estimate of drug-likeness (QED) is 0.859. The van der Waals surface area contributed by atoms with Gasteiger partial charge in [0.1, 0.15) is 0 Å². The van der Waals surface area contributed by atoms with Crippen molar-refractivity contribution in [2.45, 2.75) is 51.0 Å². The number of aliphatic hydroxyl groups is 1. The molecule has 2 heteroatoms. The van der Waals surface area contributed by atoms with Gasteiger partial charge in [-0.2, -0.15) is 0 Å². The molecule has 1 saturated carbocycles. The first-order chi connectivity index (χ1) is 8.69. The van der Waals surface area contributed by atoms with E-state index >= 15 is 0 Å². The Balaban J connectivity index is 2.16. The molecule has 100 valence electrons. The molecule has 3 N–H and O–H groups in total. The monoisotopic (exact) mass is 247 g/mol. The molecule has 2 rings (SSSR count). The van der Waals surface area contributed by atoms with E-state index in [0.717, 1.165) is 12.8 Å². The molecule has 1 aromatic rings. The van der Waals surface area contributed by atoms with E-state index in [1.807, 2.05) is 18.2 Å². The van der Waals surface area contributed by atoms with E-state index in [2.05, 4.69) is 19.1 Å². The van der Waals surface area contributed by atoms with Gasteiger partial charge in [-0.25, -0.2) is 0 Å². The zero-order valence-electron chi connectivity index (χ0n) is 11.3. The largest absolute Gasteiger partial charge is 0.392 e. The summed E-state index contributed by atoms with van der Waals surface area (Å²) < 4.78 is 0. The van der Waals surface area contributed by atoms with E-state index in [1.54, 1.807) is 0 Å². The van der Waals surface area contributed by atoms with Crippen molar-refractivity contribution in [3.05, 3.63) is 35.9 Å². The van der Waals surface area contributed by atoms with Crippen LogP contribution >= 0.6 is 0 Å². The number of hydrogen-bond acceptors (Lipinski definition) is 2. The fraction of sp³-hybridized carbons (Fsp3) is 0.625. The first-order valence-corrected chi connectivity index (χ1v) is 7.13. The average molecular weight is 247 g/mol. The van der Waals surface area contributed by atoms with Crippen LogP contribution in [0.15, 0.2) is 30.3 Å². The molecule has 2 atom stereocenters. The molecule has 1 aliphatic rings. The SMILES string of the molecule is CC(c1ccccc1)C(O)C1(CN)CCCCC1. The van der Waals surface area contributed by atoms with E-state index < -0.39 is 0 Å². The number of benzene rings is 1. The number of rotatable bonds is 4. The van der Waals surface area contributed by atoms with Gasteiger partial charge in [0, 0.05) is 17.9 Å². The highest BCUT2D eigenvalue weighted by Crippen LogP contribution is 2.43. The van der Waals surface area contributed by atoms with E-state index in [9.17, 15) is 5.11 Å². The van der Waals surface area contributed by atoms with Gasteiger partial charge in [-0.15, -0.1) is 0 Å². The fourth-order valence-electron chi connectivity index (χ4n) is 3.35. The third kappa shape index (κ3) is 2.60. The topological polar surface area (TPSA) is 46.2 Å². The standard InChI is InChI=1S/C16H25NO/c1-13(14-8-4-2-5-9-14)15(18)16(12-17)10-6-3-7-11-16/h2,4-5,8-9,13,15,18H,3,6-7,10-12,17H2,1H3. The van der Waals surface area contributed by atoms with Gasteiger partial charge < -0.3 is 10.8 Å². The van der Waals surface area contributed by atoms with Gasteiger partial charge in [-0.1, -0.05) is 56.5 Å². The summed E-state index contributed by atoms with van der Waals surface area (Å²) in [6.45, 7) is 2.72. The van der Waals surface area contributed by atoms with Crippen LogP contribution in [0, 0.1) is 5.41 Å². The highest BCUT2D eigenvalue weighted by molar-refractivity contribution is 5.21. The van der Waals surface area contributed by atoms with Crippen LogP contribution in [0.5, 0.6) is 0 Å². The summed E-state index contributed by atoms with van der Waals surface area (Å²) in [6, 6.07) is 10.3. The Kier molecular flexibility index (Phi) is 4.41. The minimum atomic E-state index is -0.329. The predicted octanol–water partition coefficient (Wildman–Crippen LogP) is 3.06. The first kappa shape index (κ1) is 13.6. The third-order valence-corrected chi connectivity index (χ3v) is 4.68. The molecular formula is C16H25NO. The summed E-state index contributed by atoms with van der Waals surface area (Å²) in [5.74, 6) is 0.160. The van der Waals surface area contributed by atoms with Crippen LogP contribution in [0.1, 0.15) is 50.5 Å². The van der Waals surface area contributed by atoms with Gasteiger partial charge in [-0.05, 0) is 18.4 Å². The Hall–Kier alpha value is -0.860. The second-order valence-corrected chi connectivity index (χ2v) is 5.77. The van der Waals surface area contributed by atoms with Gasteiger partial charge in [0.15, 0.2) is 0 Å². The second-order valence-electron chi connectivity index (χ2n) is 5.77. The maximum atomic E-state index is 10.8. The van der Waals surface area contributed by atoms with E-state index in [-0.39, 0.29) is 17.4 Å². The molecular weight excluding hydrogens is 222 g/mol. The molecule has 18 heavy (non-hydrogen) atoms. The van der Waals surface area contributed by atoms with Gasteiger partial charge in [-0.3, -0.25) is 0 Å². The van der Waals surface area contributed by atoms with Crippen molar-refractivity contribution in [1.82, 2.24) is 0 Å². The number of nitrogens with two attached hydrogens (primary N) is 1. The number of aliphatic hydroxyl groups excluding tert-OH is 1. The van der Waals surface area contributed by atoms with E-state index in [4.69, 9.17) is 5.73 Å². The normalized spacial score (nSPS) is 22.4. The zero-order valence-corrected chi connectivity index (χ0v) is 11.3. The van der Waals surface area contributed by atoms with Crippen molar-refractivity contribution in [2.24, 2.45) is 11.1 Å². The summed E-state index contributed by atoms with van der Waals surface area (Å²) in [7, 11) is 0. The Morgan fingerprint density at radius 3 is 2.33 bits per heavy atom. The van der Waals surface area contributed by atoms with E-state index in [1.165, 1.54) is 24.8 Å². The Morgan fingerprint density at radius 1 is 1.17 bits per heavy atom. The molecule has 0 spiro atoms. The molecule has 0 saturated heterocycles. The van der Waals surface area contributed by atoms with E-state index in [0.29, 0.717) is 6.54 Å². The molecule has 1 aliphatic carbocycles. The minimum absolute atomic E-state index is 0.0620. The van der Waals surface area contributed by atoms with Crippen LogP contribution in [0.25, 0.3) is 0 Å². The van der Waals surface area contributed by atoms with Crippen molar-refractivity contribution in [3.8, 4) is 0 Å². The Morgan fingerprint density at radius 2 is 1.78 bits per heavy atom. The fourth-order valence-corrected chi connectivity index (χ4v) is 3.35. The van der Waals surface area contributed by atoms with Crippen LogP contribution in [-0.2, 0) is 0 Å². The summed E-state index contributed by atoms with van der Waals surface area (Å²) in [5, 5.41) is 10.8. The van der Waals surface area contributed by atoms with Crippen molar-refractivity contribution in [1.29, 1.82) is 0 Å². The molecule has 0 radical (unpaired) electrons. The maximum absolute atomic E-state index is 10.8. The molecule has 0 aromatic heterocycles. The summed E-state index contributed by atoms with van der Waals surface area (Å²) in [6.07, 6.45) is 5.51. The van der Waals surface area contributed by atoms with Crippen molar-refractivity contribution in [2.75, 3.05) is 6.54 Å². The average Bonchev–Trinajstić information content (AvgIpc) is 2.47. The van der Waals surface area contributed by atoms with Gasteiger partial charge in [0.2, 0.25) is 0 Å². The van der Waals surface area contributed by atoms with Crippen LogP contribution in [0.2, 0.25) is 0 Å². The molecule has 1 fully saturated rings. The smallest absolute Gasteiger partial charge is 0.0674 e. The summed E-state index contributed by atoms with van der Waals surface area (Å²) in [4.78, 5) is 0. The lowest BCUT2D eigenvalue weighted by Crippen LogP contribution is -2.45. The highest BCUT2D eigenvalue weighted by atomic mass is 16.3. The molecule has 0 amide bonds. The van der Waals surface area contributed by atoms with Crippen molar-refractivity contribution in [3.63, 3.8) is 0 Å². The second kappa shape index (κ2) is 5.85. The highest BCUT2D eigenvalue weighted by Gasteiger charge is 2.40. The van der Waals surface area contributed by atoms with Gasteiger partial charge in [0.05, 0.1) is 6.10 Å². The molecule has 2 unspecified atom stereocenters. The minimum Gasteiger partial charge on any atom is -0.392 e. The van der Waals surface area contributed by atoms with Crippen LogP contribution < -0.4 is 5.73 Å². The Labute approximate surface area is 110 Å². The summed E-state index contributed by atoms with van der Waals surface area (Å²) >= 11 is 0. The first-order valence-electron chi connectivity index (χ1n) is 7.13.